The lowest BCUT2D eigenvalue weighted by molar-refractivity contribution is 0.104. The Bertz CT molecular complexity index is 1220. The molecule has 8 heteroatoms. The number of amidine groups is 1. The van der Waals surface area contributed by atoms with Gasteiger partial charge in [0, 0.05) is 17.2 Å². The number of hydrogen-bond donors (Lipinski definition) is 0. The van der Waals surface area contributed by atoms with Gasteiger partial charge in [-0.15, -0.1) is 0 Å². The number of sulfone groups is 1. The highest BCUT2D eigenvalue weighted by Crippen LogP contribution is 2.36. The Balaban J connectivity index is 1.75. The fraction of sp³-hybridized carbons (Fsp3) is 0.136. The van der Waals surface area contributed by atoms with E-state index in [1.165, 1.54) is 17.5 Å². The molecule has 0 N–H and O–H groups in total. The number of nitrogens with zero attached hydrogens (tertiary/aromatic N) is 2. The second-order valence-electron chi connectivity index (χ2n) is 6.44. The van der Waals surface area contributed by atoms with Crippen LogP contribution in [-0.2, 0) is 9.84 Å². The van der Waals surface area contributed by atoms with Crippen molar-refractivity contribution in [2.75, 3.05) is 13.2 Å². The predicted octanol–water partition coefficient (Wildman–Crippen LogP) is 4.15. The van der Waals surface area contributed by atoms with Crippen LogP contribution in [0.1, 0.15) is 22.8 Å². The minimum Gasteiger partial charge on any atom is -0.494 e. The number of rotatable bonds is 5. The molecule has 0 spiro atoms. The molecule has 0 atom stereocenters. The first kappa shape index (κ1) is 20.3. The van der Waals surface area contributed by atoms with Crippen LogP contribution in [0.5, 0.6) is 5.75 Å². The molecule has 1 aliphatic carbocycles. The van der Waals surface area contributed by atoms with E-state index < -0.39 is 9.84 Å². The highest BCUT2D eigenvalue weighted by molar-refractivity contribution is 8.18. The molecule has 0 aromatic heterocycles. The zero-order chi connectivity index (χ0) is 21.1. The van der Waals surface area contributed by atoms with E-state index in [1.54, 1.807) is 48.7 Å². The number of ketones is 1. The summed E-state index contributed by atoms with van der Waals surface area (Å²) < 4.78 is 31.4. The summed E-state index contributed by atoms with van der Waals surface area (Å²) in [6.45, 7) is 2.85. The number of carbonyl (C=O) groups excluding carboxylic acids is 1. The summed E-state index contributed by atoms with van der Waals surface area (Å²) in [5.41, 5.74) is 1.49. The van der Waals surface area contributed by atoms with Crippen LogP contribution in [0.2, 0.25) is 0 Å². The minimum absolute atomic E-state index is 0.153. The smallest absolute Gasteiger partial charge is 0.200 e. The monoisotopic (exact) mass is 438 g/mol. The van der Waals surface area contributed by atoms with Gasteiger partial charge in [-0.3, -0.25) is 9.79 Å². The quantitative estimate of drug-likeness (QED) is 0.700. The lowest BCUT2D eigenvalue weighted by Gasteiger charge is -2.17. The van der Waals surface area contributed by atoms with Gasteiger partial charge in [0.05, 0.1) is 23.0 Å². The van der Waals surface area contributed by atoms with Crippen molar-refractivity contribution in [1.29, 1.82) is 0 Å². The summed E-state index contributed by atoms with van der Waals surface area (Å²) in [4.78, 5) is 21.8. The average Bonchev–Trinajstić information content (AvgIpc) is 3.25. The number of allylic oxidation sites excluding steroid dienone is 3. The molecule has 0 saturated carbocycles. The molecule has 0 radical (unpaired) electrons. The van der Waals surface area contributed by atoms with Gasteiger partial charge in [0.1, 0.15) is 5.75 Å². The van der Waals surface area contributed by atoms with Crippen LogP contribution in [0.4, 0.5) is 0 Å². The highest BCUT2D eigenvalue weighted by atomic mass is 32.2. The Hall–Kier alpha value is -2.97. The van der Waals surface area contributed by atoms with Gasteiger partial charge in [0.2, 0.25) is 0 Å². The standard InChI is InChI=1S/C22H18N2O4S2/c1-2-28-16-7-9-17(10-8-16)30(26,27)14-15-13-20(29-22-23-11-12-24-22)21(25)19-6-4-3-5-18(15)19/h3-11,13-14H,2,12H2,1H3/b15-14-. The van der Waals surface area contributed by atoms with Crippen LogP contribution in [0.25, 0.3) is 5.57 Å². The Morgan fingerprint density at radius 1 is 1.10 bits per heavy atom. The van der Waals surface area contributed by atoms with E-state index in [9.17, 15) is 13.2 Å². The summed E-state index contributed by atoms with van der Waals surface area (Å²) in [7, 11) is -3.75. The van der Waals surface area contributed by atoms with Crippen molar-refractivity contribution in [1.82, 2.24) is 0 Å². The van der Waals surface area contributed by atoms with Crippen LogP contribution in [0.3, 0.4) is 0 Å². The van der Waals surface area contributed by atoms with Crippen LogP contribution < -0.4 is 4.74 Å². The molecule has 4 rings (SSSR count). The second-order valence-corrected chi connectivity index (χ2v) is 9.25. The van der Waals surface area contributed by atoms with Gasteiger partial charge in [-0.05, 0) is 60.2 Å². The van der Waals surface area contributed by atoms with E-state index in [1.807, 2.05) is 6.92 Å². The zero-order valence-electron chi connectivity index (χ0n) is 16.1. The van der Waals surface area contributed by atoms with E-state index in [-0.39, 0.29) is 10.7 Å². The molecule has 0 fully saturated rings. The molecule has 2 aromatic carbocycles. The molecular formula is C22H18N2O4S2. The molecule has 2 aliphatic rings. The third-order valence-electron chi connectivity index (χ3n) is 4.45. The van der Waals surface area contributed by atoms with Gasteiger partial charge in [0.25, 0.3) is 0 Å². The largest absolute Gasteiger partial charge is 0.494 e. The molecule has 152 valence electrons. The highest BCUT2D eigenvalue weighted by Gasteiger charge is 2.26. The van der Waals surface area contributed by atoms with Gasteiger partial charge in [-0.1, -0.05) is 24.3 Å². The van der Waals surface area contributed by atoms with Crippen LogP contribution in [0, 0.1) is 0 Å². The van der Waals surface area contributed by atoms with Crippen LogP contribution >= 0.6 is 11.8 Å². The molecule has 1 heterocycles. The summed E-state index contributed by atoms with van der Waals surface area (Å²) in [5, 5.41) is 1.69. The summed E-state index contributed by atoms with van der Waals surface area (Å²) in [5.74, 6) is 0.435. The van der Waals surface area contributed by atoms with Crippen molar-refractivity contribution in [3.63, 3.8) is 0 Å². The fourth-order valence-electron chi connectivity index (χ4n) is 3.09. The van der Waals surface area contributed by atoms with Crippen molar-refractivity contribution in [2.45, 2.75) is 11.8 Å². The number of aliphatic imine (C=N–C) groups is 2. The van der Waals surface area contributed by atoms with Crippen LogP contribution in [-0.4, -0.2) is 38.7 Å². The lowest BCUT2D eigenvalue weighted by atomic mass is 9.92. The number of fused-ring (bicyclic) bond motifs is 1. The third-order valence-corrected chi connectivity index (χ3v) is 6.88. The van der Waals surface area contributed by atoms with Gasteiger partial charge < -0.3 is 4.74 Å². The molecule has 2 aromatic rings. The topological polar surface area (TPSA) is 85.2 Å². The minimum atomic E-state index is -3.75. The van der Waals surface area contributed by atoms with Gasteiger partial charge in [-0.2, -0.15) is 0 Å². The number of thioether (sulfide) groups is 1. The molecule has 6 nitrogen and oxygen atoms in total. The summed E-state index contributed by atoms with van der Waals surface area (Å²) in [6, 6.07) is 13.3. The third kappa shape index (κ3) is 4.15. The maximum atomic E-state index is 13.0. The number of ether oxygens (including phenoxy) is 1. The SMILES string of the molecule is CCOc1ccc(S(=O)(=O)/C=C2/C=C(SC3=NCC=N3)C(=O)c3ccccc32)cc1. The van der Waals surface area contributed by atoms with E-state index >= 15 is 0 Å². The normalized spacial score (nSPS) is 17.0. The van der Waals surface area contributed by atoms with Crippen molar-refractivity contribution in [3.05, 3.63) is 76.0 Å². The Morgan fingerprint density at radius 2 is 1.83 bits per heavy atom. The molecule has 30 heavy (non-hydrogen) atoms. The molecule has 0 amide bonds. The van der Waals surface area contributed by atoms with E-state index in [0.717, 1.165) is 11.8 Å². The first-order chi connectivity index (χ1) is 14.5. The molecule has 0 bridgehead atoms. The number of benzene rings is 2. The zero-order valence-corrected chi connectivity index (χ0v) is 17.7. The molecule has 0 saturated heterocycles. The van der Waals surface area contributed by atoms with E-state index in [4.69, 9.17) is 4.74 Å². The Kier molecular flexibility index (Phi) is 5.69. The van der Waals surface area contributed by atoms with Crippen molar-refractivity contribution in [3.8, 4) is 5.75 Å². The Morgan fingerprint density at radius 3 is 2.50 bits per heavy atom. The first-order valence-corrected chi connectivity index (χ1v) is 11.6. The van der Waals surface area contributed by atoms with Crippen molar-refractivity contribution < 1.29 is 17.9 Å². The van der Waals surface area contributed by atoms with E-state index in [0.29, 0.717) is 45.7 Å². The fourth-order valence-corrected chi connectivity index (χ4v) is 5.12. The Labute approximate surface area is 179 Å². The lowest BCUT2D eigenvalue weighted by Crippen LogP contribution is -2.11. The first-order valence-electron chi connectivity index (χ1n) is 9.28. The average molecular weight is 439 g/mol. The van der Waals surface area contributed by atoms with Gasteiger partial charge >= 0.3 is 0 Å². The molecular weight excluding hydrogens is 420 g/mol. The number of carbonyl (C=O) groups is 1. The van der Waals surface area contributed by atoms with Gasteiger partial charge in [-0.25, -0.2) is 13.4 Å². The van der Waals surface area contributed by atoms with Crippen molar-refractivity contribution in [2.24, 2.45) is 9.98 Å². The van der Waals surface area contributed by atoms with Crippen molar-refractivity contribution >= 4 is 44.3 Å². The molecule has 1 aliphatic heterocycles. The number of hydrogen-bond acceptors (Lipinski definition) is 7. The summed E-state index contributed by atoms with van der Waals surface area (Å²) >= 11 is 1.14. The predicted molar refractivity (Wildman–Crippen MR) is 120 cm³/mol. The van der Waals surface area contributed by atoms with Crippen LogP contribution in [0.15, 0.2) is 79.8 Å². The number of Topliss-reactive ketones (excluding diaryl/α,β-unsaturated/α-hetero) is 1. The maximum Gasteiger partial charge on any atom is 0.200 e. The molecule has 0 unspecified atom stereocenters. The summed E-state index contributed by atoms with van der Waals surface area (Å²) in [6.07, 6.45) is 3.26. The van der Waals surface area contributed by atoms with Gasteiger partial charge in [0.15, 0.2) is 20.8 Å². The second kappa shape index (κ2) is 8.41. The van der Waals surface area contributed by atoms with E-state index in [2.05, 4.69) is 9.98 Å². The maximum absolute atomic E-state index is 13.0.